The number of rotatable bonds is 2. The second-order valence-electron chi connectivity index (χ2n) is 3.63. The van der Waals surface area contributed by atoms with Gasteiger partial charge in [0.1, 0.15) is 5.56 Å². The minimum atomic E-state index is -1.20. The van der Waals surface area contributed by atoms with Gasteiger partial charge in [-0.05, 0) is 23.3 Å². The molecule has 0 fully saturated rings. The van der Waals surface area contributed by atoms with Crippen molar-refractivity contribution in [3.8, 4) is 16.9 Å². The summed E-state index contributed by atoms with van der Waals surface area (Å²) in [6, 6.07) is 12.2. The number of aromatic carboxylic acids is 1. The van der Waals surface area contributed by atoms with E-state index in [4.69, 9.17) is 10.8 Å². The highest BCUT2D eigenvalue weighted by atomic mass is 16.4. The molecule has 2 rings (SSSR count). The maximum absolute atomic E-state index is 10.9. The number of nitrogens with two attached hydrogens (primary N) is 1. The number of aromatic hydroxyl groups is 1. The number of carboxylic acid groups (broad SMARTS) is 1. The molecule has 0 saturated heterocycles. The van der Waals surface area contributed by atoms with Crippen molar-refractivity contribution >= 4 is 11.7 Å². The van der Waals surface area contributed by atoms with Gasteiger partial charge in [-0.3, -0.25) is 0 Å². The second kappa shape index (κ2) is 4.17. The van der Waals surface area contributed by atoms with Gasteiger partial charge < -0.3 is 15.9 Å². The normalized spacial score (nSPS) is 10.1. The predicted octanol–water partition coefficient (Wildman–Crippen LogP) is 2.34. The van der Waals surface area contributed by atoms with Crippen LogP contribution >= 0.6 is 0 Å². The zero-order chi connectivity index (χ0) is 12.4. The van der Waals surface area contributed by atoms with Gasteiger partial charge in [0.25, 0.3) is 0 Å². The Hall–Kier alpha value is -2.49. The lowest BCUT2D eigenvalue weighted by Gasteiger charge is -2.08. The minimum absolute atomic E-state index is 0.0590. The van der Waals surface area contributed by atoms with Crippen molar-refractivity contribution in [2.45, 2.75) is 0 Å². The molecule has 2 aromatic rings. The molecule has 2 aromatic carbocycles. The van der Waals surface area contributed by atoms with Crippen LogP contribution in [0.5, 0.6) is 5.75 Å². The maximum atomic E-state index is 10.9. The van der Waals surface area contributed by atoms with Crippen molar-refractivity contribution < 1.29 is 15.0 Å². The third-order valence-electron chi connectivity index (χ3n) is 2.48. The number of carbonyl (C=O) groups is 1. The number of nitrogen functional groups attached to an aromatic ring is 1. The number of hydrogen-bond acceptors (Lipinski definition) is 3. The maximum Gasteiger partial charge on any atom is 0.339 e. The summed E-state index contributed by atoms with van der Waals surface area (Å²) < 4.78 is 0. The lowest BCUT2D eigenvalue weighted by molar-refractivity contribution is 0.0694. The van der Waals surface area contributed by atoms with Gasteiger partial charge in [-0.15, -0.1) is 0 Å². The van der Waals surface area contributed by atoms with Gasteiger partial charge in [0, 0.05) is 0 Å². The molecular weight excluding hydrogens is 218 g/mol. The molecule has 0 spiro atoms. The summed E-state index contributed by atoms with van der Waals surface area (Å²) in [4.78, 5) is 10.9. The van der Waals surface area contributed by atoms with E-state index in [9.17, 15) is 9.90 Å². The average Bonchev–Trinajstić information content (AvgIpc) is 2.33. The monoisotopic (exact) mass is 229 g/mol. The minimum Gasteiger partial charge on any atom is -0.505 e. The average molecular weight is 229 g/mol. The molecule has 0 aliphatic carbocycles. The summed E-state index contributed by atoms with van der Waals surface area (Å²) >= 11 is 0. The molecule has 0 aliphatic heterocycles. The zero-order valence-corrected chi connectivity index (χ0v) is 8.92. The van der Waals surface area contributed by atoms with E-state index < -0.39 is 11.7 Å². The lowest BCUT2D eigenvalue weighted by Crippen LogP contribution is -2.00. The Bertz CT molecular complexity index is 564. The Morgan fingerprint density at radius 3 is 2.29 bits per heavy atom. The summed E-state index contributed by atoms with van der Waals surface area (Å²) in [5.41, 5.74) is 6.97. The largest absolute Gasteiger partial charge is 0.505 e. The van der Waals surface area contributed by atoms with E-state index in [0.717, 1.165) is 5.56 Å². The molecule has 0 aliphatic rings. The molecule has 0 heterocycles. The molecule has 0 atom stereocenters. The van der Waals surface area contributed by atoms with Crippen molar-refractivity contribution in [2.24, 2.45) is 0 Å². The zero-order valence-electron chi connectivity index (χ0n) is 8.92. The summed E-state index contributed by atoms with van der Waals surface area (Å²) in [6.45, 7) is 0. The van der Waals surface area contributed by atoms with E-state index in [-0.39, 0.29) is 11.3 Å². The highest BCUT2D eigenvalue weighted by Crippen LogP contribution is 2.31. The Balaban J connectivity index is 2.61. The van der Waals surface area contributed by atoms with E-state index in [1.54, 1.807) is 6.07 Å². The quantitative estimate of drug-likeness (QED) is 0.545. The Morgan fingerprint density at radius 1 is 1.06 bits per heavy atom. The van der Waals surface area contributed by atoms with E-state index in [1.807, 2.05) is 30.3 Å². The van der Waals surface area contributed by atoms with E-state index >= 15 is 0 Å². The summed E-state index contributed by atoms with van der Waals surface area (Å²) in [7, 11) is 0. The fourth-order valence-electron chi connectivity index (χ4n) is 1.62. The van der Waals surface area contributed by atoms with Crippen molar-refractivity contribution in [1.82, 2.24) is 0 Å². The summed E-state index contributed by atoms with van der Waals surface area (Å²) in [5.74, 6) is -1.59. The van der Waals surface area contributed by atoms with Crippen LogP contribution in [-0.2, 0) is 0 Å². The standard InChI is InChI=1S/C13H11NO3/c14-11-7-9(8-4-2-1-3-5-8)6-10(12(11)15)13(16)17/h1-7,15H,14H2,(H,16,17). The first-order valence-electron chi connectivity index (χ1n) is 5.01. The molecule has 0 saturated carbocycles. The van der Waals surface area contributed by atoms with Crippen LogP contribution in [0.1, 0.15) is 10.4 Å². The van der Waals surface area contributed by atoms with Crippen LogP contribution in [0.4, 0.5) is 5.69 Å². The predicted molar refractivity (Wildman–Crippen MR) is 64.9 cm³/mol. The van der Waals surface area contributed by atoms with E-state index in [1.165, 1.54) is 6.07 Å². The number of carboxylic acids is 1. The molecule has 0 radical (unpaired) electrons. The molecule has 0 aromatic heterocycles. The van der Waals surface area contributed by atoms with Crippen LogP contribution in [0.2, 0.25) is 0 Å². The fourth-order valence-corrected chi connectivity index (χ4v) is 1.62. The summed E-state index contributed by atoms with van der Waals surface area (Å²) in [5, 5.41) is 18.5. The molecule has 4 heteroatoms. The molecule has 4 nitrogen and oxygen atoms in total. The van der Waals surface area contributed by atoms with Crippen molar-refractivity contribution in [1.29, 1.82) is 0 Å². The molecule has 17 heavy (non-hydrogen) atoms. The van der Waals surface area contributed by atoms with E-state index in [2.05, 4.69) is 0 Å². The number of anilines is 1. The second-order valence-corrected chi connectivity index (χ2v) is 3.63. The molecular formula is C13H11NO3. The fraction of sp³-hybridized carbons (Fsp3) is 0. The topological polar surface area (TPSA) is 83.6 Å². The third-order valence-corrected chi connectivity index (χ3v) is 2.48. The Kier molecular flexibility index (Phi) is 2.70. The van der Waals surface area contributed by atoms with Gasteiger partial charge in [-0.2, -0.15) is 0 Å². The van der Waals surface area contributed by atoms with E-state index in [0.29, 0.717) is 5.56 Å². The van der Waals surface area contributed by atoms with Crippen LogP contribution in [0.25, 0.3) is 11.1 Å². The molecule has 0 bridgehead atoms. The van der Waals surface area contributed by atoms with Crippen molar-refractivity contribution in [3.63, 3.8) is 0 Å². The van der Waals surface area contributed by atoms with Crippen LogP contribution in [0.3, 0.4) is 0 Å². The number of phenols is 1. The number of hydrogen-bond donors (Lipinski definition) is 3. The van der Waals surface area contributed by atoms with Gasteiger partial charge in [-0.25, -0.2) is 4.79 Å². The number of benzene rings is 2. The SMILES string of the molecule is Nc1cc(-c2ccccc2)cc(C(=O)O)c1O. The first-order valence-corrected chi connectivity index (χ1v) is 5.01. The first-order chi connectivity index (χ1) is 8.09. The molecule has 0 amide bonds. The van der Waals surface area contributed by atoms with Crippen molar-refractivity contribution in [2.75, 3.05) is 5.73 Å². The van der Waals surface area contributed by atoms with Gasteiger partial charge >= 0.3 is 5.97 Å². The molecule has 86 valence electrons. The van der Waals surface area contributed by atoms with Crippen molar-refractivity contribution in [3.05, 3.63) is 48.0 Å². The highest BCUT2D eigenvalue weighted by molar-refractivity contribution is 5.95. The van der Waals surface area contributed by atoms with Crippen LogP contribution in [0, 0.1) is 0 Å². The van der Waals surface area contributed by atoms with Gasteiger partial charge in [0.05, 0.1) is 5.69 Å². The third kappa shape index (κ3) is 2.06. The summed E-state index contributed by atoms with van der Waals surface area (Å²) in [6.07, 6.45) is 0. The Labute approximate surface area is 97.9 Å². The molecule has 0 unspecified atom stereocenters. The van der Waals surface area contributed by atoms with Gasteiger partial charge in [0.15, 0.2) is 5.75 Å². The molecule has 4 N–H and O–H groups in total. The Morgan fingerprint density at radius 2 is 1.71 bits per heavy atom. The highest BCUT2D eigenvalue weighted by Gasteiger charge is 2.14. The lowest BCUT2D eigenvalue weighted by atomic mass is 10.0. The first kappa shape index (κ1) is 11.0. The van der Waals surface area contributed by atoms with Crippen LogP contribution < -0.4 is 5.73 Å². The van der Waals surface area contributed by atoms with Crippen LogP contribution in [-0.4, -0.2) is 16.2 Å². The smallest absolute Gasteiger partial charge is 0.339 e. The van der Waals surface area contributed by atoms with Gasteiger partial charge in [0.2, 0.25) is 0 Å². The van der Waals surface area contributed by atoms with Crippen LogP contribution in [0.15, 0.2) is 42.5 Å². The van der Waals surface area contributed by atoms with Gasteiger partial charge in [-0.1, -0.05) is 30.3 Å².